The lowest BCUT2D eigenvalue weighted by Crippen LogP contribution is -1.76. The number of aromatic hydroxyl groups is 1. The molecule has 0 spiro atoms. The molecule has 1 N–H and O–H groups in total. The average molecular weight is 222 g/mol. The van der Waals surface area contributed by atoms with E-state index in [9.17, 15) is 5.11 Å². The molecule has 1 nitrogen and oxygen atoms in total. The number of rotatable bonds is 3. The first-order chi connectivity index (χ1) is 6.86. The van der Waals surface area contributed by atoms with Gasteiger partial charge in [0.1, 0.15) is 5.75 Å². The smallest absolute Gasteiger partial charge is 0.129 e. The van der Waals surface area contributed by atoms with Gasteiger partial charge in [0, 0.05) is 10.6 Å². The highest BCUT2D eigenvalue weighted by Gasteiger charge is 2.00. The summed E-state index contributed by atoms with van der Waals surface area (Å²) in [4.78, 5) is 0.943. The van der Waals surface area contributed by atoms with Gasteiger partial charge in [0.05, 0.1) is 0 Å². The lowest BCUT2D eigenvalue weighted by Gasteiger charge is -2.01. The topological polar surface area (TPSA) is 20.2 Å². The van der Waals surface area contributed by atoms with Crippen molar-refractivity contribution in [3.05, 3.63) is 46.7 Å². The van der Waals surface area contributed by atoms with Crippen LogP contribution < -0.4 is 0 Å². The number of phenols is 1. The molecule has 2 aromatic rings. The van der Waals surface area contributed by atoms with Crippen molar-refractivity contribution in [1.82, 2.24) is 0 Å². The minimum atomic E-state index is 0.368. The highest BCUT2D eigenvalue weighted by molar-refractivity contribution is 7.98. The van der Waals surface area contributed by atoms with Crippen LogP contribution in [-0.2, 0) is 5.75 Å². The molecule has 0 aliphatic rings. The van der Waals surface area contributed by atoms with Gasteiger partial charge in [0.2, 0.25) is 0 Å². The molecule has 0 radical (unpaired) electrons. The van der Waals surface area contributed by atoms with Crippen molar-refractivity contribution in [2.45, 2.75) is 10.6 Å². The second kappa shape index (κ2) is 4.53. The summed E-state index contributed by atoms with van der Waals surface area (Å²) in [6, 6.07) is 9.54. The van der Waals surface area contributed by atoms with Crippen molar-refractivity contribution in [2.75, 3.05) is 0 Å². The van der Waals surface area contributed by atoms with Gasteiger partial charge in [-0.05, 0) is 34.5 Å². The highest BCUT2D eigenvalue weighted by Crippen LogP contribution is 2.30. The Labute approximate surface area is 91.4 Å². The fourth-order valence-corrected chi connectivity index (χ4v) is 2.78. The third-order valence-corrected chi connectivity index (χ3v) is 3.71. The number of thiophene rings is 1. The molecule has 0 amide bonds. The summed E-state index contributed by atoms with van der Waals surface area (Å²) in [7, 11) is 0. The molecule has 0 unspecified atom stereocenters. The van der Waals surface area contributed by atoms with Crippen LogP contribution in [-0.4, -0.2) is 5.11 Å². The van der Waals surface area contributed by atoms with Crippen molar-refractivity contribution in [2.24, 2.45) is 0 Å². The van der Waals surface area contributed by atoms with Gasteiger partial charge in [-0.3, -0.25) is 0 Å². The van der Waals surface area contributed by atoms with E-state index in [2.05, 4.69) is 16.8 Å². The molecule has 2 rings (SSSR count). The molecule has 14 heavy (non-hydrogen) atoms. The maximum Gasteiger partial charge on any atom is 0.129 e. The second-order valence-corrected chi connectivity index (χ2v) is 4.69. The van der Waals surface area contributed by atoms with Gasteiger partial charge >= 0.3 is 0 Å². The standard InChI is InChI=1S/C11H10OS2/c12-10-3-1-2-4-11(10)14-8-9-5-6-13-7-9/h1-7,12H,8H2. The lowest BCUT2D eigenvalue weighted by molar-refractivity contribution is 0.462. The quantitative estimate of drug-likeness (QED) is 0.798. The van der Waals surface area contributed by atoms with Crippen LogP contribution in [0.2, 0.25) is 0 Å². The molecule has 0 bridgehead atoms. The third-order valence-electron chi connectivity index (χ3n) is 1.84. The van der Waals surface area contributed by atoms with Crippen molar-refractivity contribution in [3.8, 4) is 5.75 Å². The van der Waals surface area contributed by atoms with E-state index < -0.39 is 0 Å². The fraction of sp³-hybridized carbons (Fsp3) is 0.0909. The molecular weight excluding hydrogens is 212 g/mol. The minimum Gasteiger partial charge on any atom is -0.507 e. The Morgan fingerprint density at radius 2 is 2.07 bits per heavy atom. The van der Waals surface area contributed by atoms with E-state index in [1.807, 2.05) is 18.2 Å². The van der Waals surface area contributed by atoms with Gasteiger partial charge < -0.3 is 5.11 Å². The van der Waals surface area contributed by atoms with Crippen LogP contribution in [0.3, 0.4) is 0 Å². The van der Waals surface area contributed by atoms with Gasteiger partial charge in [0.25, 0.3) is 0 Å². The molecule has 1 aromatic heterocycles. The van der Waals surface area contributed by atoms with Crippen molar-refractivity contribution in [3.63, 3.8) is 0 Å². The molecule has 1 aromatic carbocycles. The Kier molecular flexibility index (Phi) is 3.11. The van der Waals surface area contributed by atoms with Crippen LogP contribution in [0.15, 0.2) is 46.0 Å². The zero-order valence-electron chi connectivity index (χ0n) is 7.51. The maximum atomic E-state index is 9.52. The van der Waals surface area contributed by atoms with Crippen LogP contribution in [0.25, 0.3) is 0 Å². The molecule has 0 aliphatic carbocycles. The first kappa shape index (κ1) is 9.62. The number of phenolic OH excluding ortho intramolecular Hbond substituents is 1. The molecule has 0 aliphatic heterocycles. The zero-order chi connectivity index (χ0) is 9.80. The van der Waals surface area contributed by atoms with Gasteiger partial charge in [-0.2, -0.15) is 11.3 Å². The molecule has 3 heteroatoms. The summed E-state index contributed by atoms with van der Waals surface area (Å²) in [5, 5.41) is 13.7. The second-order valence-electron chi connectivity index (χ2n) is 2.89. The fourth-order valence-electron chi connectivity index (χ4n) is 1.12. The van der Waals surface area contributed by atoms with E-state index >= 15 is 0 Å². The Hall–Kier alpha value is -0.930. The highest BCUT2D eigenvalue weighted by atomic mass is 32.2. The van der Waals surface area contributed by atoms with Gasteiger partial charge in [-0.25, -0.2) is 0 Å². The van der Waals surface area contributed by atoms with E-state index in [-0.39, 0.29) is 0 Å². The summed E-state index contributed by atoms with van der Waals surface area (Å²) in [5.41, 5.74) is 1.31. The summed E-state index contributed by atoms with van der Waals surface area (Å²) < 4.78 is 0. The predicted molar refractivity (Wildman–Crippen MR) is 62.0 cm³/mol. The SMILES string of the molecule is Oc1ccccc1SCc1ccsc1. The largest absolute Gasteiger partial charge is 0.507 e. The van der Waals surface area contributed by atoms with Crippen LogP contribution in [0.5, 0.6) is 5.75 Å². The normalized spacial score (nSPS) is 10.3. The third kappa shape index (κ3) is 2.30. The van der Waals surface area contributed by atoms with Gasteiger partial charge in [-0.15, -0.1) is 11.8 Å². The van der Waals surface area contributed by atoms with E-state index in [1.165, 1.54) is 5.56 Å². The van der Waals surface area contributed by atoms with Crippen molar-refractivity contribution < 1.29 is 5.11 Å². The monoisotopic (exact) mass is 222 g/mol. The summed E-state index contributed by atoms with van der Waals surface area (Å²) in [5.74, 6) is 1.29. The summed E-state index contributed by atoms with van der Waals surface area (Å²) >= 11 is 3.36. The molecule has 0 saturated heterocycles. The number of thioether (sulfide) groups is 1. The molecule has 72 valence electrons. The zero-order valence-corrected chi connectivity index (χ0v) is 9.15. The Bertz CT molecular complexity index is 395. The molecule has 0 saturated carbocycles. The van der Waals surface area contributed by atoms with E-state index in [0.717, 1.165) is 10.6 Å². The van der Waals surface area contributed by atoms with Crippen LogP contribution in [0.1, 0.15) is 5.56 Å². The Morgan fingerprint density at radius 3 is 2.79 bits per heavy atom. The molecule has 0 fully saturated rings. The summed E-state index contributed by atoms with van der Waals surface area (Å²) in [6.07, 6.45) is 0. The number of hydrogen-bond acceptors (Lipinski definition) is 3. The predicted octanol–water partition coefficient (Wildman–Crippen LogP) is 3.75. The lowest BCUT2D eigenvalue weighted by atomic mass is 10.3. The first-order valence-electron chi connectivity index (χ1n) is 4.28. The van der Waals surface area contributed by atoms with Crippen LogP contribution in [0.4, 0.5) is 0 Å². The Balaban J connectivity index is 2.02. The van der Waals surface area contributed by atoms with Crippen molar-refractivity contribution >= 4 is 23.1 Å². The van der Waals surface area contributed by atoms with Crippen molar-refractivity contribution in [1.29, 1.82) is 0 Å². The van der Waals surface area contributed by atoms with Gasteiger partial charge in [-0.1, -0.05) is 12.1 Å². The average Bonchev–Trinajstić information content (AvgIpc) is 2.69. The molecule has 1 heterocycles. The van der Waals surface area contributed by atoms with Crippen LogP contribution >= 0.6 is 23.1 Å². The van der Waals surface area contributed by atoms with E-state index in [4.69, 9.17) is 0 Å². The number of hydrogen-bond donors (Lipinski definition) is 1. The maximum absolute atomic E-state index is 9.52. The summed E-state index contributed by atoms with van der Waals surface area (Å²) in [6.45, 7) is 0. The van der Waals surface area contributed by atoms with E-state index in [0.29, 0.717) is 5.75 Å². The number of benzene rings is 1. The molecular formula is C11H10OS2. The minimum absolute atomic E-state index is 0.368. The van der Waals surface area contributed by atoms with E-state index in [1.54, 1.807) is 29.2 Å². The first-order valence-corrected chi connectivity index (χ1v) is 6.21. The number of para-hydroxylation sites is 1. The van der Waals surface area contributed by atoms with Gasteiger partial charge in [0.15, 0.2) is 0 Å². The Morgan fingerprint density at radius 1 is 1.21 bits per heavy atom. The molecule has 0 atom stereocenters. The van der Waals surface area contributed by atoms with Crippen LogP contribution in [0, 0.1) is 0 Å².